The number of halogens is 1. The molecule has 2 amide bonds. The fraction of sp³-hybridized carbons (Fsp3) is 0.250. The van der Waals surface area contributed by atoms with E-state index in [4.69, 9.17) is 20.8 Å². The predicted octanol–water partition coefficient (Wildman–Crippen LogP) is 2.90. The molecule has 0 bridgehead atoms. The number of carbonyl (C=O) groups excluding carboxylic acids is 2. The first-order chi connectivity index (χ1) is 11.0. The molecule has 1 heterocycles. The second kappa shape index (κ2) is 7.69. The molecule has 7 heteroatoms. The lowest BCUT2D eigenvalue weighted by atomic mass is 10.2. The number of methoxy groups -OCH3 is 1. The molecule has 2 rings (SSSR count). The molecule has 0 atom stereocenters. The van der Waals surface area contributed by atoms with Crippen molar-refractivity contribution in [1.82, 2.24) is 5.32 Å². The quantitative estimate of drug-likeness (QED) is 0.795. The number of hydrogen-bond donors (Lipinski definition) is 2. The summed E-state index contributed by atoms with van der Waals surface area (Å²) in [6, 6.07) is 6.77. The van der Waals surface area contributed by atoms with Gasteiger partial charge in [0.25, 0.3) is 0 Å². The molecule has 23 heavy (non-hydrogen) atoms. The Labute approximate surface area is 138 Å². The van der Waals surface area contributed by atoms with Crippen LogP contribution in [-0.2, 0) is 16.1 Å². The number of rotatable bonds is 6. The lowest BCUT2D eigenvalue weighted by Gasteiger charge is -2.12. The molecule has 2 aromatic rings. The van der Waals surface area contributed by atoms with E-state index in [1.165, 1.54) is 13.4 Å². The predicted molar refractivity (Wildman–Crippen MR) is 86.5 cm³/mol. The summed E-state index contributed by atoms with van der Waals surface area (Å²) in [6.07, 6.45) is 1.22. The van der Waals surface area contributed by atoms with E-state index < -0.39 is 11.8 Å². The van der Waals surface area contributed by atoms with Crippen LogP contribution in [0, 0.1) is 6.92 Å². The Hall–Kier alpha value is -2.47. The number of aryl methyl sites for hydroxylation is 1. The summed E-state index contributed by atoms with van der Waals surface area (Å²) in [4.78, 5) is 23.7. The van der Waals surface area contributed by atoms with Crippen molar-refractivity contribution >= 4 is 29.1 Å². The van der Waals surface area contributed by atoms with E-state index >= 15 is 0 Å². The van der Waals surface area contributed by atoms with Gasteiger partial charge in [-0.15, -0.1) is 0 Å². The lowest BCUT2D eigenvalue weighted by molar-refractivity contribution is -0.127. The van der Waals surface area contributed by atoms with Gasteiger partial charge in [-0.1, -0.05) is 11.6 Å². The summed E-state index contributed by atoms with van der Waals surface area (Å²) in [5.74, 6) is 0.212. The SMILES string of the molecule is COc1cc(Cl)c(C)cc1NC(=O)CC(=O)NCc1ccco1. The fourth-order valence-electron chi connectivity index (χ4n) is 1.93. The summed E-state index contributed by atoms with van der Waals surface area (Å²) in [7, 11) is 1.48. The average molecular weight is 337 g/mol. The van der Waals surface area contributed by atoms with E-state index in [0.717, 1.165) is 5.56 Å². The second-order valence-electron chi connectivity index (χ2n) is 4.88. The van der Waals surface area contributed by atoms with Gasteiger partial charge in [0.05, 0.1) is 25.6 Å². The number of amides is 2. The van der Waals surface area contributed by atoms with Gasteiger partial charge in [0, 0.05) is 11.1 Å². The number of anilines is 1. The van der Waals surface area contributed by atoms with Gasteiger partial charge in [0.15, 0.2) is 0 Å². The molecule has 0 aliphatic heterocycles. The zero-order chi connectivity index (χ0) is 16.8. The number of furan rings is 1. The number of carbonyl (C=O) groups is 2. The maximum atomic E-state index is 12.0. The van der Waals surface area contributed by atoms with Gasteiger partial charge in [-0.2, -0.15) is 0 Å². The molecule has 122 valence electrons. The highest BCUT2D eigenvalue weighted by Gasteiger charge is 2.13. The highest BCUT2D eigenvalue weighted by molar-refractivity contribution is 6.31. The molecule has 0 saturated carbocycles. The van der Waals surface area contributed by atoms with Gasteiger partial charge in [0.1, 0.15) is 17.9 Å². The first kappa shape index (κ1) is 16.9. The molecule has 6 nitrogen and oxygen atoms in total. The van der Waals surface area contributed by atoms with Gasteiger partial charge >= 0.3 is 0 Å². The maximum absolute atomic E-state index is 12.0. The normalized spacial score (nSPS) is 10.2. The Kier molecular flexibility index (Phi) is 5.65. The minimum Gasteiger partial charge on any atom is -0.495 e. The van der Waals surface area contributed by atoms with Crippen LogP contribution >= 0.6 is 11.6 Å². The molecule has 0 aliphatic rings. The van der Waals surface area contributed by atoms with Gasteiger partial charge in [0.2, 0.25) is 11.8 Å². The van der Waals surface area contributed by atoms with Crippen LogP contribution in [0.25, 0.3) is 0 Å². The van der Waals surface area contributed by atoms with Crippen LogP contribution in [0.3, 0.4) is 0 Å². The van der Waals surface area contributed by atoms with Gasteiger partial charge in [-0.3, -0.25) is 9.59 Å². The molecule has 0 fully saturated rings. The van der Waals surface area contributed by atoms with Crippen molar-refractivity contribution in [3.63, 3.8) is 0 Å². The number of nitrogens with one attached hydrogen (secondary N) is 2. The minimum absolute atomic E-state index is 0.239. The first-order valence-electron chi connectivity index (χ1n) is 6.92. The van der Waals surface area contributed by atoms with Crippen LogP contribution in [0.4, 0.5) is 5.69 Å². The minimum atomic E-state index is -0.443. The zero-order valence-electron chi connectivity index (χ0n) is 12.8. The summed E-state index contributed by atoms with van der Waals surface area (Å²) in [5.41, 5.74) is 1.27. The van der Waals surface area contributed by atoms with Crippen molar-refractivity contribution in [3.05, 3.63) is 46.9 Å². The monoisotopic (exact) mass is 336 g/mol. The van der Waals surface area contributed by atoms with Crippen LogP contribution in [0.2, 0.25) is 5.02 Å². The van der Waals surface area contributed by atoms with E-state index in [1.54, 1.807) is 24.3 Å². The van der Waals surface area contributed by atoms with E-state index in [2.05, 4.69) is 10.6 Å². The highest BCUT2D eigenvalue weighted by atomic mass is 35.5. The Morgan fingerprint density at radius 3 is 2.74 bits per heavy atom. The van der Waals surface area contributed by atoms with Gasteiger partial charge in [-0.05, 0) is 30.7 Å². The van der Waals surface area contributed by atoms with Crippen LogP contribution in [0.15, 0.2) is 34.9 Å². The molecular formula is C16H17ClN2O4. The largest absolute Gasteiger partial charge is 0.495 e. The molecule has 2 N–H and O–H groups in total. The number of benzene rings is 1. The van der Waals surface area contributed by atoms with E-state index in [9.17, 15) is 9.59 Å². The Bertz CT molecular complexity index is 698. The van der Waals surface area contributed by atoms with Crippen LogP contribution < -0.4 is 15.4 Å². The Morgan fingerprint density at radius 2 is 2.09 bits per heavy atom. The van der Waals surface area contributed by atoms with Gasteiger partial charge < -0.3 is 19.8 Å². The third-order valence-corrected chi connectivity index (χ3v) is 3.52. The van der Waals surface area contributed by atoms with E-state index in [0.29, 0.717) is 22.2 Å². The van der Waals surface area contributed by atoms with E-state index in [1.807, 2.05) is 6.92 Å². The molecule has 0 spiro atoms. The standard InChI is InChI=1S/C16H17ClN2O4/c1-10-6-13(14(22-2)7-12(10)17)19-16(21)8-15(20)18-9-11-4-3-5-23-11/h3-7H,8-9H2,1-2H3,(H,18,20)(H,19,21). The summed E-state index contributed by atoms with van der Waals surface area (Å²) in [5, 5.41) is 5.79. The Morgan fingerprint density at radius 1 is 1.30 bits per heavy atom. The third-order valence-electron chi connectivity index (χ3n) is 3.12. The molecule has 1 aromatic carbocycles. The van der Waals surface area contributed by atoms with Crippen LogP contribution in [0.5, 0.6) is 5.75 Å². The second-order valence-corrected chi connectivity index (χ2v) is 5.29. The van der Waals surface area contributed by atoms with Crippen molar-refractivity contribution in [2.75, 3.05) is 12.4 Å². The summed E-state index contributed by atoms with van der Waals surface area (Å²) < 4.78 is 10.3. The molecule has 1 aromatic heterocycles. The van der Waals surface area contributed by atoms with Crippen molar-refractivity contribution in [2.24, 2.45) is 0 Å². The fourth-order valence-corrected chi connectivity index (χ4v) is 2.09. The molecule has 0 unspecified atom stereocenters. The lowest BCUT2D eigenvalue weighted by Crippen LogP contribution is -2.27. The highest BCUT2D eigenvalue weighted by Crippen LogP contribution is 2.30. The zero-order valence-corrected chi connectivity index (χ0v) is 13.6. The first-order valence-corrected chi connectivity index (χ1v) is 7.30. The summed E-state index contributed by atoms with van der Waals surface area (Å²) >= 11 is 6.01. The van der Waals surface area contributed by atoms with Crippen molar-refractivity contribution < 1.29 is 18.7 Å². The average Bonchev–Trinajstić information content (AvgIpc) is 3.02. The molecule has 0 saturated heterocycles. The van der Waals surface area contributed by atoms with Crippen molar-refractivity contribution in [1.29, 1.82) is 0 Å². The van der Waals surface area contributed by atoms with Gasteiger partial charge in [-0.25, -0.2) is 0 Å². The smallest absolute Gasteiger partial charge is 0.233 e. The Balaban J connectivity index is 1.91. The molecular weight excluding hydrogens is 320 g/mol. The number of ether oxygens (including phenoxy) is 1. The maximum Gasteiger partial charge on any atom is 0.233 e. The molecule has 0 aliphatic carbocycles. The molecule has 0 radical (unpaired) electrons. The van der Waals surface area contributed by atoms with Crippen molar-refractivity contribution in [3.8, 4) is 5.75 Å². The third kappa shape index (κ3) is 4.75. The number of hydrogen-bond acceptors (Lipinski definition) is 4. The van der Waals surface area contributed by atoms with Crippen molar-refractivity contribution in [2.45, 2.75) is 19.9 Å². The van der Waals surface area contributed by atoms with Crippen LogP contribution in [0.1, 0.15) is 17.7 Å². The van der Waals surface area contributed by atoms with E-state index in [-0.39, 0.29) is 13.0 Å². The summed E-state index contributed by atoms with van der Waals surface area (Å²) in [6.45, 7) is 2.05. The van der Waals surface area contributed by atoms with Crippen LogP contribution in [-0.4, -0.2) is 18.9 Å². The topological polar surface area (TPSA) is 80.6 Å².